The molecule has 0 radical (unpaired) electrons. The third-order valence-corrected chi connectivity index (χ3v) is 3.89. The molecule has 0 spiro atoms. The Hall–Kier alpha value is -1.10. The van der Waals surface area contributed by atoms with Gasteiger partial charge in [-0.2, -0.15) is 0 Å². The van der Waals surface area contributed by atoms with E-state index in [1.165, 1.54) is 25.7 Å². The van der Waals surface area contributed by atoms with Gasteiger partial charge in [-0.25, -0.2) is 4.79 Å². The average Bonchev–Trinajstić information content (AvgIpc) is 2.92. The second-order valence-electron chi connectivity index (χ2n) is 4.99. The van der Waals surface area contributed by atoms with E-state index in [1.807, 2.05) is 0 Å². The summed E-state index contributed by atoms with van der Waals surface area (Å²) in [6.45, 7) is 5.03. The van der Waals surface area contributed by atoms with Gasteiger partial charge >= 0.3 is 11.9 Å². The lowest BCUT2D eigenvalue weighted by atomic mass is 10.2. The van der Waals surface area contributed by atoms with Crippen molar-refractivity contribution in [3.05, 3.63) is 0 Å². The molecule has 0 bridgehead atoms. The Balaban J connectivity index is 1.78. The molecule has 5 nitrogen and oxygen atoms in total. The van der Waals surface area contributed by atoms with E-state index in [1.54, 1.807) is 11.8 Å². The lowest BCUT2D eigenvalue weighted by molar-refractivity contribution is -0.160. The standard InChI is InChI=1S/C13H22N2O3/c1-2-18-13(17)12(16)15-9-7-14(8-10-15)11-5-3-4-6-11/h11H,2-10H2,1H3. The van der Waals surface area contributed by atoms with Gasteiger partial charge in [0, 0.05) is 32.2 Å². The van der Waals surface area contributed by atoms with Gasteiger partial charge in [-0.3, -0.25) is 9.69 Å². The van der Waals surface area contributed by atoms with Crippen LogP contribution in [0.5, 0.6) is 0 Å². The molecular formula is C13H22N2O3. The minimum Gasteiger partial charge on any atom is -0.459 e. The lowest BCUT2D eigenvalue weighted by Crippen LogP contribution is -2.53. The zero-order valence-electron chi connectivity index (χ0n) is 11.1. The van der Waals surface area contributed by atoms with Crippen molar-refractivity contribution < 1.29 is 14.3 Å². The second-order valence-corrected chi connectivity index (χ2v) is 4.99. The number of piperazine rings is 1. The Labute approximate surface area is 108 Å². The minimum atomic E-state index is -0.716. The van der Waals surface area contributed by atoms with Crippen LogP contribution >= 0.6 is 0 Å². The first kappa shape index (κ1) is 13.3. The highest BCUT2D eigenvalue weighted by molar-refractivity contribution is 6.32. The maximum absolute atomic E-state index is 11.7. The summed E-state index contributed by atoms with van der Waals surface area (Å²) in [5, 5.41) is 0. The van der Waals surface area contributed by atoms with Crippen LogP contribution in [0.4, 0.5) is 0 Å². The first-order chi connectivity index (χ1) is 8.72. The van der Waals surface area contributed by atoms with Crippen molar-refractivity contribution in [1.82, 2.24) is 9.80 Å². The van der Waals surface area contributed by atoms with E-state index in [2.05, 4.69) is 4.90 Å². The van der Waals surface area contributed by atoms with E-state index in [-0.39, 0.29) is 6.61 Å². The van der Waals surface area contributed by atoms with Crippen molar-refractivity contribution in [1.29, 1.82) is 0 Å². The zero-order valence-corrected chi connectivity index (χ0v) is 11.1. The molecule has 0 unspecified atom stereocenters. The molecule has 5 heteroatoms. The molecule has 2 rings (SSSR count). The van der Waals surface area contributed by atoms with Crippen molar-refractivity contribution >= 4 is 11.9 Å². The average molecular weight is 254 g/mol. The summed E-state index contributed by atoms with van der Waals surface area (Å²) >= 11 is 0. The van der Waals surface area contributed by atoms with Gasteiger partial charge < -0.3 is 9.64 Å². The first-order valence-corrected chi connectivity index (χ1v) is 6.92. The van der Waals surface area contributed by atoms with E-state index in [9.17, 15) is 9.59 Å². The lowest BCUT2D eigenvalue weighted by Gasteiger charge is -2.37. The summed E-state index contributed by atoms with van der Waals surface area (Å²) in [6.07, 6.45) is 5.22. The van der Waals surface area contributed by atoms with Crippen LogP contribution in [-0.2, 0) is 14.3 Å². The van der Waals surface area contributed by atoms with Crippen LogP contribution in [0.1, 0.15) is 32.6 Å². The highest BCUT2D eigenvalue weighted by Crippen LogP contribution is 2.24. The van der Waals surface area contributed by atoms with Crippen molar-refractivity contribution in [3.63, 3.8) is 0 Å². The van der Waals surface area contributed by atoms with E-state index >= 15 is 0 Å². The number of nitrogens with zero attached hydrogens (tertiary/aromatic N) is 2. The molecule has 1 saturated heterocycles. The topological polar surface area (TPSA) is 49.9 Å². The number of esters is 1. The van der Waals surface area contributed by atoms with Gasteiger partial charge in [0.25, 0.3) is 0 Å². The van der Waals surface area contributed by atoms with Crippen LogP contribution in [0.2, 0.25) is 0 Å². The SMILES string of the molecule is CCOC(=O)C(=O)N1CCN(C2CCCC2)CC1. The molecule has 1 saturated carbocycles. The third kappa shape index (κ3) is 3.02. The number of hydrogen-bond acceptors (Lipinski definition) is 4. The molecule has 2 aliphatic rings. The number of carbonyl (C=O) groups excluding carboxylic acids is 2. The number of ether oxygens (including phenoxy) is 1. The fourth-order valence-corrected chi connectivity index (χ4v) is 2.88. The van der Waals surface area contributed by atoms with Crippen molar-refractivity contribution in [3.8, 4) is 0 Å². The van der Waals surface area contributed by atoms with Crippen LogP contribution in [0.25, 0.3) is 0 Å². The quantitative estimate of drug-likeness (QED) is 0.536. The van der Waals surface area contributed by atoms with Crippen LogP contribution in [0.3, 0.4) is 0 Å². The number of rotatable bonds is 2. The van der Waals surface area contributed by atoms with E-state index in [0.29, 0.717) is 19.1 Å². The van der Waals surface area contributed by atoms with E-state index in [0.717, 1.165) is 13.1 Å². The maximum atomic E-state index is 11.7. The predicted molar refractivity (Wildman–Crippen MR) is 67.0 cm³/mol. The van der Waals surface area contributed by atoms with Crippen molar-refractivity contribution in [2.45, 2.75) is 38.6 Å². The fraction of sp³-hybridized carbons (Fsp3) is 0.846. The Kier molecular flexibility index (Phi) is 4.58. The molecule has 102 valence electrons. The van der Waals surface area contributed by atoms with Gasteiger partial charge in [-0.05, 0) is 19.8 Å². The maximum Gasteiger partial charge on any atom is 0.397 e. The summed E-state index contributed by atoms with van der Waals surface area (Å²) in [4.78, 5) is 27.2. The molecule has 0 aromatic heterocycles. The predicted octanol–water partition coefficient (Wildman–Crippen LogP) is 0.636. The zero-order chi connectivity index (χ0) is 13.0. The number of hydrogen-bond donors (Lipinski definition) is 0. The van der Waals surface area contributed by atoms with Gasteiger partial charge in [-0.15, -0.1) is 0 Å². The summed E-state index contributed by atoms with van der Waals surface area (Å²) < 4.78 is 4.74. The smallest absolute Gasteiger partial charge is 0.397 e. The molecule has 0 aromatic carbocycles. The normalized spacial score (nSPS) is 22.2. The highest BCUT2D eigenvalue weighted by Gasteiger charge is 2.30. The monoisotopic (exact) mass is 254 g/mol. The minimum absolute atomic E-state index is 0.257. The molecule has 1 amide bonds. The molecule has 0 atom stereocenters. The van der Waals surface area contributed by atoms with Gasteiger partial charge in [0.1, 0.15) is 0 Å². The van der Waals surface area contributed by atoms with Crippen LogP contribution in [-0.4, -0.2) is 60.5 Å². The number of carbonyl (C=O) groups is 2. The molecule has 2 fully saturated rings. The number of amides is 1. The Bertz CT molecular complexity index is 305. The van der Waals surface area contributed by atoms with Gasteiger partial charge in [0.2, 0.25) is 0 Å². The van der Waals surface area contributed by atoms with Gasteiger partial charge in [0.15, 0.2) is 0 Å². The molecular weight excluding hydrogens is 232 g/mol. The third-order valence-electron chi connectivity index (χ3n) is 3.89. The summed E-state index contributed by atoms with van der Waals surface area (Å²) in [6, 6.07) is 0.699. The molecule has 18 heavy (non-hydrogen) atoms. The second kappa shape index (κ2) is 6.18. The van der Waals surface area contributed by atoms with Gasteiger partial charge in [-0.1, -0.05) is 12.8 Å². The molecule has 1 heterocycles. The van der Waals surface area contributed by atoms with Crippen LogP contribution in [0, 0.1) is 0 Å². The highest BCUT2D eigenvalue weighted by atomic mass is 16.5. The van der Waals surface area contributed by atoms with Crippen molar-refractivity contribution in [2.75, 3.05) is 32.8 Å². The van der Waals surface area contributed by atoms with Crippen LogP contribution in [0.15, 0.2) is 0 Å². The Morgan fingerprint density at radius 1 is 1.11 bits per heavy atom. The molecule has 1 aliphatic heterocycles. The molecule has 1 aliphatic carbocycles. The Morgan fingerprint density at radius 3 is 2.28 bits per heavy atom. The summed E-state index contributed by atoms with van der Waals surface area (Å²) in [5.74, 6) is -1.20. The summed E-state index contributed by atoms with van der Waals surface area (Å²) in [7, 11) is 0. The van der Waals surface area contributed by atoms with E-state index in [4.69, 9.17) is 4.74 Å². The largest absolute Gasteiger partial charge is 0.459 e. The molecule has 0 aromatic rings. The first-order valence-electron chi connectivity index (χ1n) is 6.92. The summed E-state index contributed by atoms with van der Waals surface area (Å²) in [5.41, 5.74) is 0. The molecule has 0 N–H and O–H groups in total. The fourth-order valence-electron chi connectivity index (χ4n) is 2.88. The van der Waals surface area contributed by atoms with E-state index < -0.39 is 11.9 Å². The van der Waals surface area contributed by atoms with Crippen molar-refractivity contribution in [2.24, 2.45) is 0 Å². The van der Waals surface area contributed by atoms with Crippen LogP contribution < -0.4 is 0 Å². The Morgan fingerprint density at radius 2 is 1.72 bits per heavy atom. The van der Waals surface area contributed by atoms with Gasteiger partial charge in [0.05, 0.1) is 6.61 Å².